The molecule has 26 heavy (non-hydrogen) atoms. The summed E-state index contributed by atoms with van der Waals surface area (Å²) >= 11 is 0. The average molecular weight is 358 g/mol. The highest BCUT2D eigenvalue weighted by atomic mass is 16.5. The summed E-state index contributed by atoms with van der Waals surface area (Å²) in [4.78, 5) is 12.6. The number of allylic oxidation sites excluding steroid dienone is 1. The highest BCUT2D eigenvalue weighted by Crippen LogP contribution is 2.45. The molecule has 0 N–H and O–H groups in total. The number of hydrogen-bond acceptors (Lipinski definition) is 6. The molecule has 2 rings (SSSR count). The van der Waals surface area contributed by atoms with Crippen LogP contribution >= 0.6 is 0 Å². The second-order valence-electron chi connectivity index (χ2n) is 5.16. The van der Waals surface area contributed by atoms with Gasteiger partial charge < -0.3 is 23.7 Å². The van der Waals surface area contributed by atoms with E-state index in [0.29, 0.717) is 39.9 Å². The Balaban J connectivity index is 2.50. The predicted octanol–water partition coefficient (Wildman–Crippen LogP) is 3.63. The molecule has 0 radical (unpaired) electrons. The van der Waals surface area contributed by atoms with Crippen LogP contribution in [0.3, 0.4) is 0 Å². The fraction of sp³-hybridized carbons (Fsp3) is 0.250. The first-order valence-corrected chi connectivity index (χ1v) is 7.83. The van der Waals surface area contributed by atoms with E-state index < -0.39 is 0 Å². The molecule has 0 spiro atoms. The zero-order valence-electron chi connectivity index (χ0n) is 15.5. The lowest BCUT2D eigenvalue weighted by Crippen LogP contribution is -2.01. The number of methoxy groups -OCH3 is 5. The maximum atomic E-state index is 12.6. The smallest absolute Gasteiger partial charge is 0.204 e. The van der Waals surface area contributed by atoms with Crippen LogP contribution in [0.15, 0.2) is 36.4 Å². The van der Waals surface area contributed by atoms with Gasteiger partial charge in [-0.15, -0.1) is 0 Å². The molecule has 0 heterocycles. The Morgan fingerprint density at radius 1 is 0.769 bits per heavy atom. The van der Waals surface area contributed by atoms with Gasteiger partial charge >= 0.3 is 0 Å². The maximum absolute atomic E-state index is 12.6. The zero-order valence-corrected chi connectivity index (χ0v) is 15.5. The minimum atomic E-state index is -0.207. The van der Waals surface area contributed by atoms with Gasteiger partial charge in [0.15, 0.2) is 17.3 Å². The van der Waals surface area contributed by atoms with Crippen molar-refractivity contribution >= 4 is 11.9 Å². The van der Waals surface area contributed by atoms with E-state index >= 15 is 0 Å². The SMILES string of the molecule is COc1ccccc1C(=O)C=Cc1c(OC)cc(OC)c(OC)c1OC. The molecule has 0 atom stereocenters. The number of ether oxygens (including phenoxy) is 5. The van der Waals surface area contributed by atoms with E-state index in [1.807, 2.05) is 0 Å². The first kappa shape index (κ1) is 19.2. The van der Waals surface area contributed by atoms with Crippen LogP contribution in [0.5, 0.6) is 28.7 Å². The van der Waals surface area contributed by atoms with E-state index in [0.717, 1.165) is 0 Å². The number of benzene rings is 2. The largest absolute Gasteiger partial charge is 0.496 e. The van der Waals surface area contributed by atoms with E-state index in [4.69, 9.17) is 23.7 Å². The second kappa shape index (κ2) is 8.80. The third-order valence-corrected chi connectivity index (χ3v) is 3.82. The number of ketones is 1. The molecule has 2 aromatic carbocycles. The van der Waals surface area contributed by atoms with Crippen LogP contribution < -0.4 is 23.7 Å². The van der Waals surface area contributed by atoms with E-state index in [1.165, 1.54) is 41.6 Å². The van der Waals surface area contributed by atoms with Gasteiger partial charge in [0, 0.05) is 6.07 Å². The summed E-state index contributed by atoms with van der Waals surface area (Å²) < 4.78 is 26.8. The molecular weight excluding hydrogens is 336 g/mol. The Hall–Kier alpha value is -3.15. The molecule has 6 nitrogen and oxygen atoms in total. The quantitative estimate of drug-likeness (QED) is 0.530. The molecule has 0 amide bonds. The summed E-state index contributed by atoms with van der Waals surface area (Å²) in [7, 11) is 7.60. The molecule has 0 bridgehead atoms. The molecule has 0 unspecified atom stereocenters. The van der Waals surface area contributed by atoms with Gasteiger partial charge in [-0.1, -0.05) is 12.1 Å². The van der Waals surface area contributed by atoms with Crippen molar-refractivity contribution in [3.05, 3.63) is 47.5 Å². The lowest BCUT2D eigenvalue weighted by atomic mass is 10.1. The first-order valence-electron chi connectivity index (χ1n) is 7.83. The molecule has 6 heteroatoms. The average Bonchev–Trinajstić information content (AvgIpc) is 2.70. The van der Waals surface area contributed by atoms with Crippen LogP contribution in [0, 0.1) is 0 Å². The normalized spacial score (nSPS) is 10.5. The predicted molar refractivity (Wildman–Crippen MR) is 99.0 cm³/mol. The third-order valence-electron chi connectivity index (χ3n) is 3.82. The van der Waals surface area contributed by atoms with Crippen molar-refractivity contribution in [2.45, 2.75) is 0 Å². The van der Waals surface area contributed by atoms with Crippen molar-refractivity contribution in [1.82, 2.24) is 0 Å². The standard InChI is InChI=1S/C20H22O6/c1-22-16-9-7-6-8-13(16)15(21)11-10-14-17(23-2)12-18(24-3)20(26-5)19(14)25-4/h6-12H,1-5H3. The summed E-state index contributed by atoms with van der Waals surface area (Å²) in [5.74, 6) is 2.08. The van der Waals surface area contributed by atoms with Crippen LogP contribution in [0.2, 0.25) is 0 Å². The Morgan fingerprint density at radius 2 is 1.38 bits per heavy atom. The molecule has 0 aliphatic carbocycles. The third kappa shape index (κ3) is 3.74. The van der Waals surface area contributed by atoms with Crippen LogP contribution in [0.4, 0.5) is 0 Å². The van der Waals surface area contributed by atoms with Gasteiger partial charge in [0.05, 0.1) is 46.7 Å². The van der Waals surface area contributed by atoms with Crippen LogP contribution in [-0.2, 0) is 0 Å². The van der Waals surface area contributed by atoms with Crippen molar-refractivity contribution in [3.63, 3.8) is 0 Å². The minimum Gasteiger partial charge on any atom is -0.496 e. The molecule has 0 aliphatic heterocycles. The number of carbonyl (C=O) groups is 1. The first-order chi connectivity index (χ1) is 12.6. The summed E-state index contributed by atoms with van der Waals surface area (Å²) in [6.07, 6.45) is 3.05. The van der Waals surface area contributed by atoms with E-state index in [1.54, 1.807) is 36.4 Å². The van der Waals surface area contributed by atoms with E-state index in [9.17, 15) is 4.79 Å². The molecule has 0 aliphatic rings. The lowest BCUT2D eigenvalue weighted by molar-refractivity contribution is 0.104. The van der Waals surface area contributed by atoms with Gasteiger partial charge in [-0.05, 0) is 24.3 Å². The van der Waals surface area contributed by atoms with E-state index in [-0.39, 0.29) is 5.78 Å². The van der Waals surface area contributed by atoms with Crippen molar-refractivity contribution in [3.8, 4) is 28.7 Å². The summed E-state index contributed by atoms with van der Waals surface area (Å²) in [5.41, 5.74) is 1.03. The minimum absolute atomic E-state index is 0.207. The number of para-hydroxylation sites is 1. The Morgan fingerprint density at radius 3 is 1.96 bits per heavy atom. The molecule has 138 valence electrons. The molecular formula is C20H22O6. The molecule has 0 saturated heterocycles. The van der Waals surface area contributed by atoms with Crippen molar-refractivity contribution in [2.75, 3.05) is 35.5 Å². The Bertz CT molecular complexity index is 810. The monoisotopic (exact) mass is 358 g/mol. The summed E-state index contributed by atoms with van der Waals surface area (Å²) in [6, 6.07) is 8.70. The topological polar surface area (TPSA) is 63.2 Å². The van der Waals surface area contributed by atoms with Gasteiger partial charge in [-0.25, -0.2) is 0 Å². The summed E-state index contributed by atoms with van der Waals surface area (Å²) in [5, 5.41) is 0. The maximum Gasteiger partial charge on any atom is 0.204 e. The Kier molecular flexibility index (Phi) is 6.49. The van der Waals surface area contributed by atoms with Crippen molar-refractivity contribution in [1.29, 1.82) is 0 Å². The van der Waals surface area contributed by atoms with Gasteiger partial charge in [0.2, 0.25) is 5.75 Å². The van der Waals surface area contributed by atoms with E-state index in [2.05, 4.69) is 0 Å². The number of carbonyl (C=O) groups excluding carboxylic acids is 1. The number of rotatable bonds is 8. The summed E-state index contributed by atoms with van der Waals surface area (Å²) in [6.45, 7) is 0. The molecule has 0 saturated carbocycles. The van der Waals surface area contributed by atoms with Crippen molar-refractivity contribution in [2.24, 2.45) is 0 Å². The van der Waals surface area contributed by atoms with Crippen LogP contribution in [-0.4, -0.2) is 41.3 Å². The van der Waals surface area contributed by atoms with Gasteiger partial charge in [0.25, 0.3) is 0 Å². The fourth-order valence-electron chi connectivity index (χ4n) is 2.58. The lowest BCUT2D eigenvalue weighted by Gasteiger charge is -2.17. The fourth-order valence-corrected chi connectivity index (χ4v) is 2.58. The van der Waals surface area contributed by atoms with Gasteiger partial charge in [-0.2, -0.15) is 0 Å². The Labute approximate surface area is 152 Å². The number of hydrogen-bond donors (Lipinski definition) is 0. The highest BCUT2D eigenvalue weighted by Gasteiger charge is 2.20. The van der Waals surface area contributed by atoms with Crippen LogP contribution in [0.1, 0.15) is 15.9 Å². The molecule has 0 aromatic heterocycles. The van der Waals surface area contributed by atoms with Crippen LogP contribution in [0.25, 0.3) is 6.08 Å². The second-order valence-corrected chi connectivity index (χ2v) is 5.16. The molecule has 2 aromatic rings. The van der Waals surface area contributed by atoms with Gasteiger partial charge in [-0.3, -0.25) is 4.79 Å². The highest BCUT2D eigenvalue weighted by molar-refractivity contribution is 6.09. The zero-order chi connectivity index (χ0) is 19.1. The van der Waals surface area contributed by atoms with Crippen molar-refractivity contribution < 1.29 is 28.5 Å². The van der Waals surface area contributed by atoms with Gasteiger partial charge in [0.1, 0.15) is 11.5 Å². The molecule has 0 fully saturated rings.